The summed E-state index contributed by atoms with van der Waals surface area (Å²) in [6, 6.07) is 4.67. The number of aromatic nitrogens is 3. The lowest BCUT2D eigenvalue weighted by Gasteiger charge is -2.17. The molecule has 2 aromatic heterocycles. The minimum atomic E-state index is -0.250. The second-order valence-corrected chi connectivity index (χ2v) is 8.34. The van der Waals surface area contributed by atoms with Crippen LogP contribution in [0.5, 0.6) is 5.75 Å². The van der Waals surface area contributed by atoms with Crippen molar-refractivity contribution in [2.24, 2.45) is 0 Å². The Morgan fingerprint density at radius 3 is 2.96 bits per heavy atom. The van der Waals surface area contributed by atoms with Gasteiger partial charge in [-0.25, -0.2) is 13.9 Å². The zero-order chi connectivity index (χ0) is 17.6. The molecule has 7 heteroatoms. The van der Waals surface area contributed by atoms with E-state index in [1.807, 2.05) is 10.7 Å². The maximum absolute atomic E-state index is 13.7. The third kappa shape index (κ3) is 3.20. The number of nitrogens with zero attached hydrogens (tertiary/aromatic N) is 3. The van der Waals surface area contributed by atoms with Crippen LogP contribution in [-0.4, -0.2) is 21.2 Å². The largest absolute Gasteiger partial charge is 0.493 e. The van der Waals surface area contributed by atoms with E-state index in [1.54, 1.807) is 12.1 Å². The molecular formula is C18H21FN4OS. The molecule has 25 heavy (non-hydrogen) atoms. The first-order valence-corrected chi connectivity index (χ1v) is 9.27. The molecule has 3 heterocycles. The first-order chi connectivity index (χ1) is 11.9. The monoisotopic (exact) mass is 360 g/mol. The lowest BCUT2D eigenvalue weighted by molar-refractivity contribution is 0.316. The average molecular weight is 360 g/mol. The van der Waals surface area contributed by atoms with Crippen LogP contribution in [0.1, 0.15) is 50.9 Å². The second kappa shape index (κ2) is 5.98. The molecule has 1 aliphatic heterocycles. The van der Waals surface area contributed by atoms with Gasteiger partial charge < -0.3 is 10.1 Å². The first-order valence-electron chi connectivity index (χ1n) is 8.45. The van der Waals surface area contributed by atoms with Crippen molar-refractivity contribution < 1.29 is 9.13 Å². The molecule has 1 atom stereocenters. The molecule has 0 saturated heterocycles. The van der Waals surface area contributed by atoms with Crippen molar-refractivity contribution in [3.8, 4) is 5.75 Å². The van der Waals surface area contributed by atoms with Crippen molar-refractivity contribution in [2.45, 2.75) is 45.1 Å². The normalized spacial score (nSPS) is 17.8. The third-order valence-electron chi connectivity index (χ3n) is 4.35. The molecule has 0 bridgehead atoms. The van der Waals surface area contributed by atoms with Gasteiger partial charge in [-0.15, -0.1) is 5.10 Å². The smallest absolute Gasteiger partial charge is 0.214 e. The molecule has 0 spiro atoms. The first kappa shape index (κ1) is 16.3. The predicted molar refractivity (Wildman–Crippen MR) is 97.1 cm³/mol. The van der Waals surface area contributed by atoms with Crippen LogP contribution >= 0.6 is 11.3 Å². The van der Waals surface area contributed by atoms with E-state index in [0.29, 0.717) is 6.61 Å². The van der Waals surface area contributed by atoms with Gasteiger partial charge in [0.2, 0.25) is 10.1 Å². The highest BCUT2D eigenvalue weighted by molar-refractivity contribution is 7.20. The van der Waals surface area contributed by atoms with Gasteiger partial charge in [0.05, 0.1) is 24.5 Å². The number of ether oxygens (including phenoxy) is 1. The molecule has 1 aromatic carbocycles. The number of hydrogen-bond acceptors (Lipinski definition) is 5. The van der Waals surface area contributed by atoms with E-state index in [4.69, 9.17) is 4.74 Å². The van der Waals surface area contributed by atoms with Gasteiger partial charge in [-0.1, -0.05) is 32.1 Å². The van der Waals surface area contributed by atoms with Crippen LogP contribution in [0.15, 0.2) is 24.4 Å². The predicted octanol–water partition coefficient (Wildman–Crippen LogP) is 4.55. The van der Waals surface area contributed by atoms with Crippen LogP contribution in [0.2, 0.25) is 0 Å². The lowest BCUT2D eigenvalue weighted by atomic mass is 9.93. The molecule has 0 saturated carbocycles. The van der Waals surface area contributed by atoms with Crippen LogP contribution < -0.4 is 10.1 Å². The summed E-state index contributed by atoms with van der Waals surface area (Å²) in [6.07, 6.45) is 3.75. The summed E-state index contributed by atoms with van der Waals surface area (Å²) in [4.78, 5) is 5.53. The number of fused-ring (bicyclic) bond motifs is 2. The van der Waals surface area contributed by atoms with Crippen LogP contribution in [0.25, 0.3) is 4.96 Å². The van der Waals surface area contributed by atoms with E-state index >= 15 is 0 Å². The van der Waals surface area contributed by atoms with Gasteiger partial charge in [0, 0.05) is 11.0 Å². The molecule has 1 aliphatic rings. The highest BCUT2D eigenvalue weighted by Gasteiger charge is 2.23. The van der Waals surface area contributed by atoms with Crippen LogP contribution in [0.3, 0.4) is 0 Å². The van der Waals surface area contributed by atoms with Gasteiger partial charge in [0.15, 0.2) is 0 Å². The summed E-state index contributed by atoms with van der Waals surface area (Å²) in [5.41, 5.74) is 1.87. The number of hydrogen-bond donors (Lipinski definition) is 1. The van der Waals surface area contributed by atoms with E-state index in [9.17, 15) is 4.39 Å². The molecule has 0 amide bonds. The number of nitrogens with one attached hydrogen (secondary N) is 1. The van der Waals surface area contributed by atoms with Crippen molar-refractivity contribution in [2.75, 3.05) is 11.9 Å². The molecule has 0 fully saturated rings. The third-order valence-corrected chi connectivity index (χ3v) is 5.21. The van der Waals surface area contributed by atoms with Gasteiger partial charge >= 0.3 is 0 Å². The molecule has 0 aliphatic carbocycles. The molecule has 4 rings (SSSR count). The van der Waals surface area contributed by atoms with Gasteiger partial charge in [0.25, 0.3) is 0 Å². The lowest BCUT2D eigenvalue weighted by Crippen LogP contribution is -2.12. The second-order valence-electron chi connectivity index (χ2n) is 7.38. The van der Waals surface area contributed by atoms with E-state index in [2.05, 4.69) is 36.2 Å². The fourth-order valence-corrected chi connectivity index (χ4v) is 3.80. The molecule has 132 valence electrons. The van der Waals surface area contributed by atoms with E-state index < -0.39 is 0 Å². The van der Waals surface area contributed by atoms with Gasteiger partial charge in [-0.05, 0) is 31.0 Å². The quantitative estimate of drug-likeness (QED) is 0.728. The maximum Gasteiger partial charge on any atom is 0.214 e. The number of rotatable bonds is 2. The van der Waals surface area contributed by atoms with E-state index in [0.717, 1.165) is 39.9 Å². The summed E-state index contributed by atoms with van der Waals surface area (Å²) < 4.78 is 21.2. The highest BCUT2D eigenvalue weighted by Crippen LogP contribution is 2.35. The zero-order valence-corrected chi connectivity index (χ0v) is 15.4. The fraction of sp³-hybridized carbons (Fsp3) is 0.444. The Bertz CT molecular complexity index is 880. The fourth-order valence-electron chi connectivity index (χ4n) is 2.97. The Balaban J connectivity index is 1.63. The molecule has 3 aromatic rings. The Kier molecular flexibility index (Phi) is 3.91. The molecule has 1 unspecified atom stereocenters. The van der Waals surface area contributed by atoms with Crippen LogP contribution in [0.4, 0.5) is 9.52 Å². The number of anilines is 1. The van der Waals surface area contributed by atoms with Crippen molar-refractivity contribution in [1.29, 1.82) is 0 Å². The minimum Gasteiger partial charge on any atom is -0.493 e. The molecular weight excluding hydrogens is 339 g/mol. The summed E-state index contributed by atoms with van der Waals surface area (Å²) in [5.74, 6) is 0.493. The Hall–Kier alpha value is -2.15. The minimum absolute atomic E-state index is 0.00386. The molecule has 5 nitrogen and oxygen atoms in total. The summed E-state index contributed by atoms with van der Waals surface area (Å²) in [6.45, 7) is 7.05. The standard InChI is InChI=1S/C18H21FN4OS/c1-18(2,3)15-10-23-17(21-15)25-16(22-23)20-13-5-4-8-24-14-7-6-11(19)9-12(13)14/h6-7,9-10,13H,4-5,8H2,1-3H3,(H,20,22). The average Bonchev–Trinajstić information content (AvgIpc) is 3.03. The van der Waals surface area contributed by atoms with E-state index in [-0.39, 0.29) is 17.3 Å². The summed E-state index contributed by atoms with van der Waals surface area (Å²) in [7, 11) is 0. The zero-order valence-electron chi connectivity index (χ0n) is 14.5. The van der Waals surface area contributed by atoms with Crippen LogP contribution in [-0.2, 0) is 5.41 Å². The molecule has 1 N–H and O–H groups in total. The topological polar surface area (TPSA) is 51.5 Å². The number of benzene rings is 1. The van der Waals surface area contributed by atoms with Gasteiger partial charge in [-0.3, -0.25) is 0 Å². The SMILES string of the molecule is CC(C)(C)c1cn2nc(NC3CCCOc4ccc(F)cc43)sc2n1. The Morgan fingerprint density at radius 2 is 2.20 bits per heavy atom. The van der Waals surface area contributed by atoms with Crippen molar-refractivity contribution in [1.82, 2.24) is 14.6 Å². The van der Waals surface area contributed by atoms with Gasteiger partial charge in [0.1, 0.15) is 11.6 Å². The van der Waals surface area contributed by atoms with Crippen molar-refractivity contribution in [3.05, 3.63) is 41.5 Å². The number of imidazole rings is 1. The Labute approximate surface area is 149 Å². The maximum atomic E-state index is 13.7. The van der Waals surface area contributed by atoms with Crippen LogP contribution in [0, 0.1) is 5.82 Å². The molecule has 0 radical (unpaired) electrons. The summed E-state index contributed by atoms with van der Waals surface area (Å²) >= 11 is 1.51. The van der Waals surface area contributed by atoms with Crippen molar-refractivity contribution >= 4 is 21.4 Å². The Morgan fingerprint density at radius 1 is 1.36 bits per heavy atom. The highest BCUT2D eigenvalue weighted by atomic mass is 32.1. The van der Waals surface area contributed by atoms with Gasteiger partial charge in [-0.2, -0.15) is 0 Å². The van der Waals surface area contributed by atoms with E-state index in [1.165, 1.54) is 17.4 Å². The summed E-state index contributed by atoms with van der Waals surface area (Å²) in [5, 5.41) is 8.81. The number of halogens is 1. The van der Waals surface area contributed by atoms with Crippen molar-refractivity contribution in [3.63, 3.8) is 0 Å².